The lowest BCUT2D eigenvalue weighted by atomic mass is 9.47. The lowest BCUT2D eigenvalue weighted by Crippen LogP contribution is -2.50. The monoisotopic (exact) mass is 812 g/mol. The minimum Gasteiger partial charge on any atom is -0.508 e. The van der Waals surface area contributed by atoms with Crippen LogP contribution in [-0.2, 0) is 16.0 Å². The Labute approximate surface area is 350 Å². The van der Waals surface area contributed by atoms with Crippen LogP contribution in [0, 0.1) is 28.6 Å². The van der Waals surface area contributed by atoms with Crippen molar-refractivity contribution in [3.63, 3.8) is 0 Å². The highest BCUT2D eigenvalue weighted by atomic mass is 16.6. The number of nitrogens with one attached hydrogen (secondary N) is 2. The number of phenolic OH excluding ortho intramolecular Hbond substituents is 2. The Balaban J connectivity index is 0.746. The van der Waals surface area contributed by atoms with Gasteiger partial charge in [-0.2, -0.15) is 5.10 Å². The number of benzene rings is 2. The van der Waals surface area contributed by atoms with Gasteiger partial charge >= 0.3 is 11.8 Å². The minimum absolute atomic E-state index is 0.00328. The molecule has 12 heteroatoms. The standard InChI is InChI=1S/C48H56N6O6/c1-29(2)36-26-37(43(56)27-42(36)55)44-51-52-45(57)54(44)33-8-12-41-30(24-33)15-20-53(41)21-23-59-22-19-50-46(58)60-34-13-16-47(3)32(25-34)7-9-35-39-11-10-38(31-6-5-18-49-28-31)48(39,4)17-14-40(35)47/h5-8,10,12,15,18,20,24,26-29,34-35,39-40,55-56H,9,11,13-14,16-17,19,21-23,25H2,1-4H3,(H,50,58)(H,52,57)/t34-,35-,39?,40-,47-,48+/m0/s1. The zero-order chi connectivity index (χ0) is 41.8. The van der Waals surface area contributed by atoms with Gasteiger partial charge in [0.2, 0.25) is 0 Å². The van der Waals surface area contributed by atoms with Crippen LogP contribution < -0.4 is 11.0 Å². The van der Waals surface area contributed by atoms with Crippen LogP contribution in [0.25, 0.3) is 33.6 Å². The van der Waals surface area contributed by atoms with Gasteiger partial charge in [-0.25, -0.2) is 19.3 Å². The first-order valence-electron chi connectivity index (χ1n) is 21.6. The van der Waals surface area contributed by atoms with Gasteiger partial charge in [0.05, 0.1) is 24.5 Å². The van der Waals surface area contributed by atoms with Crippen LogP contribution in [0.4, 0.5) is 4.79 Å². The summed E-state index contributed by atoms with van der Waals surface area (Å²) in [6.45, 7) is 10.6. The normalized spacial score (nSPS) is 25.9. The summed E-state index contributed by atoms with van der Waals surface area (Å²) in [6, 6.07) is 14.9. The van der Waals surface area contributed by atoms with Gasteiger partial charge in [0.25, 0.3) is 0 Å². The molecule has 1 unspecified atom stereocenters. The maximum absolute atomic E-state index is 13.0. The summed E-state index contributed by atoms with van der Waals surface area (Å²) in [7, 11) is 0. The van der Waals surface area contributed by atoms with E-state index in [0.717, 1.165) is 43.0 Å². The molecule has 1 amide bonds. The number of hydrogen-bond donors (Lipinski definition) is 4. The summed E-state index contributed by atoms with van der Waals surface area (Å²) in [4.78, 5) is 30.3. The van der Waals surface area contributed by atoms with Crippen molar-refractivity contribution >= 4 is 22.6 Å². The predicted molar refractivity (Wildman–Crippen MR) is 231 cm³/mol. The summed E-state index contributed by atoms with van der Waals surface area (Å²) >= 11 is 0. The van der Waals surface area contributed by atoms with E-state index in [9.17, 15) is 19.8 Å². The van der Waals surface area contributed by atoms with Crippen LogP contribution in [0.2, 0.25) is 0 Å². The van der Waals surface area contributed by atoms with Crippen LogP contribution in [0.5, 0.6) is 11.5 Å². The van der Waals surface area contributed by atoms with Crippen molar-refractivity contribution in [1.29, 1.82) is 0 Å². The number of carbonyl (C=O) groups is 1. The molecule has 0 radical (unpaired) electrons. The lowest BCUT2D eigenvalue weighted by molar-refractivity contribution is -0.0263. The minimum atomic E-state index is -0.445. The van der Waals surface area contributed by atoms with E-state index in [2.05, 4.69) is 63.2 Å². The van der Waals surface area contributed by atoms with Crippen LogP contribution in [-0.4, -0.2) is 66.5 Å². The zero-order valence-electron chi connectivity index (χ0n) is 35.0. The number of nitrogens with zero attached hydrogens (tertiary/aromatic N) is 4. The number of H-pyrrole nitrogens is 1. The Hall–Kier alpha value is -5.62. The Morgan fingerprint density at radius 2 is 1.85 bits per heavy atom. The van der Waals surface area contributed by atoms with E-state index in [1.807, 2.05) is 56.7 Å². The van der Waals surface area contributed by atoms with Crippen LogP contribution in [0.15, 0.2) is 89.6 Å². The molecule has 0 spiro atoms. The fraction of sp³-hybridized carbons (Fsp3) is 0.458. The van der Waals surface area contributed by atoms with Gasteiger partial charge in [-0.1, -0.05) is 51.5 Å². The van der Waals surface area contributed by atoms with E-state index in [-0.39, 0.29) is 46.3 Å². The highest BCUT2D eigenvalue weighted by molar-refractivity contribution is 5.83. The van der Waals surface area contributed by atoms with E-state index in [0.29, 0.717) is 60.9 Å². The second-order valence-electron chi connectivity index (χ2n) is 18.1. The number of hydrogen-bond acceptors (Lipinski definition) is 8. The average molecular weight is 813 g/mol. The second kappa shape index (κ2) is 15.8. The van der Waals surface area contributed by atoms with E-state index >= 15 is 0 Å². The Morgan fingerprint density at radius 3 is 2.67 bits per heavy atom. The number of allylic oxidation sites excluding steroid dienone is 3. The third kappa shape index (κ3) is 7.02. The van der Waals surface area contributed by atoms with E-state index < -0.39 is 5.69 Å². The molecular formula is C48H56N6O6. The summed E-state index contributed by atoms with van der Waals surface area (Å²) in [5, 5.41) is 31.6. The first kappa shape index (κ1) is 39.8. The van der Waals surface area contributed by atoms with Gasteiger partial charge in [-0.15, -0.1) is 0 Å². The highest BCUT2D eigenvalue weighted by Crippen LogP contribution is 2.66. The number of aromatic hydroxyl groups is 2. The molecule has 2 saturated carbocycles. The van der Waals surface area contributed by atoms with Crippen molar-refractivity contribution in [2.24, 2.45) is 28.6 Å². The fourth-order valence-electron chi connectivity index (χ4n) is 11.4. The quantitative estimate of drug-likeness (QED) is 0.0762. The number of alkyl carbamates (subject to hydrolysis) is 1. The molecule has 9 rings (SSSR count). The van der Waals surface area contributed by atoms with E-state index in [1.54, 1.807) is 6.07 Å². The summed E-state index contributed by atoms with van der Waals surface area (Å²) < 4.78 is 15.4. The number of pyridine rings is 1. The number of aromatic amines is 1. The number of rotatable bonds is 11. The largest absolute Gasteiger partial charge is 0.508 e. The van der Waals surface area contributed by atoms with Crippen LogP contribution in [0.3, 0.4) is 0 Å². The molecule has 3 aromatic heterocycles. The van der Waals surface area contributed by atoms with Gasteiger partial charge in [0.15, 0.2) is 5.82 Å². The van der Waals surface area contributed by atoms with Crippen molar-refractivity contribution in [1.82, 2.24) is 29.6 Å². The molecule has 0 saturated heterocycles. The fourth-order valence-corrected chi connectivity index (χ4v) is 11.4. The molecular weight excluding hydrogens is 757 g/mol. The Morgan fingerprint density at radius 1 is 1.00 bits per heavy atom. The summed E-state index contributed by atoms with van der Waals surface area (Å²) in [6.07, 6.45) is 17.8. The second-order valence-corrected chi connectivity index (χ2v) is 18.1. The van der Waals surface area contributed by atoms with Crippen molar-refractivity contribution < 1.29 is 24.5 Å². The molecule has 4 aliphatic rings. The van der Waals surface area contributed by atoms with Gasteiger partial charge in [0, 0.05) is 55.1 Å². The van der Waals surface area contributed by atoms with E-state index in [1.165, 1.54) is 40.2 Å². The molecule has 0 aliphatic heterocycles. The topological polar surface area (TPSA) is 157 Å². The first-order valence-corrected chi connectivity index (χ1v) is 21.6. The highest BCUT2D eigenvalue weighted by Gasteiger charge is 2.57. The molecule has 2 fully saturated rings. The maximum Gasteiger partial charge on any atom is 0.407 e. The number of fused-ring (bicyclic) bond motifs is 6. The molecule has 5 aromatic rings. The Kier molecular flexibility index (Phi) is 10.5. The molecule has 4 N–H and O–H groups in total. The van der Waals surface area contributed by atoms with Crippen molar-refractivity contribution in [3.05, 3.63) is 106 Å². The van der Waals surface area contributed by atoms with Gasteiger partial charge in [0.1, 0.15) is 17.6 Å². The predicted octanol–water partition coefficient (Wildman–Crippen LogP) is 8.88. The number of carbonyl (C=O) groups excluding carboxylic acids is 1. The molecule has 60 heavy (non-hydrogen) atoms. The molecule has 12 nitrogen and oxygen atoms in total. The maximum atomic E-state index is 13.0. The molecule has 2 aromatic carbocycles. The molecule has 3 heterocycles. The van der Waals surface area contributed by atoms with Gasteiger partial charge in [-0.3, -0.25) is 4.98 Å². The molecule has 4 aliphatic carbocycles. The molecule has 0 bridgehead atoms. The summed E-state index contributed by atoms with van der Waals surface area (Å²) in [5.74, 6) is 2.06. The Bertz CT molecular complexity index is 2530. The van der Waals surface area contributed by atoms with Crippen molar-refractivity contribution in [3.8, 4) is 28.6 Å². The number of ether oxygens (including phenoxy) is 2. The third-order valence-corrected chi connectivity index (χ3v) is 14.6. The van der Waals surface area contributed by atoms with Gasteiger partial charge in [-0.05, 0) is 126 Å². The number of phenols is 2. The first-order chi connectivity index (χ1) is 28.9. The van der Waals surface area contributed by atoms with E-state index in [4.69, 9.17) is 9.47 Å². The van der Waals surface area contributed by atoms with Crippen LogP contribution >= 0.6 is 0 Å². The van der Waals surface area contributed by atoms with Crippen molar-refractivity contribution in [2.75, 3.05) is 19.8 Å². The smallest absolute Gasteiger partial charge is 0.407 e. The third-order valence-electron chi connectivity index (χ3n) is 14.6. The summed E-state index contributed by atoms with van der Waals surface area (Å²) in [5.41, 5.74) is 6.73. The van der Waals surface area contributed by atoms with Crippen LogP contribution in [0.1, 0.15) is 89.7 Å². The molecule has 6 atom stereocenters. The number of amides is 1. The lowest BCUT2D eigenvalue weighted by Gasteiger charge is -2.57. The molecule has 314 valence electrons. The van der Waals surface area contributed by atoms with Gasteiger partial charge < -0.3 is 29.6 Å². The average Bonchev–Trinajstić information content (AvgIpc) is 3.93. The zero-order valence-corrected chi connectivity index (χ0v) is 35.0. The number of aromatic nitrogens is 5. The SMILES string of the molecule is CC(C)c1cc(-c2n[nH]c(=O)n2-c2ccc3c(ccn3CCOCCNC(=O)O[C@H]3CC[C@@]4(C)C(=CC[C@H]5C6CC=C(c7cccnc7)[C@@]6(C)CC[C@@H]54)C3)c2)c(O)cc1O. The van der Waals surface area contributed by atoms with Crippen molar-refractivity contribution in [2.45, 2.75) is 91.2 Å².